The van der Waals surface area contributed by atoms with Gasteiger partial charge in [-0.2, -0.15) is 0 Å². The third kappa shape index (κ3) is 4.29. The number of amides is 1. The van der Waals surface area contributed by atoms with E-state index in [1.807, 2.05) is 51.1 Å². The molecule has 1 amide bonds. The van der Waals surface area contributed by atoms with E-state index in [2.05, 4.69) is 26.2 Å². The number of benzene rings is 1. The molecule has 0 atom stereocenters. The Bertz CT molecular complexity index is 636. The topological polar surface area (TPSA) is 51.2 Å². The monoisotopic (exact) mass is 348 g/mol. The van der Waals surface area contributed by atoms with Gasteiger partial charge < -0.3 is 4.74 Å². The molecule has 0 aliphatic carbocycles. The predicted molar refractivity (Wildman–Crippen MR) is 87.2 cm³/mol. The zero-order valence-electron chi connectivity index (χ0n) is 12.2. The molecule has 0 saturated carbocycles. The zero-order valence-corrected chi connectivity index (χ0v) is 13.8. The highest BCUT2D eigenvalue weighted by molar-refractivity contribution is 9.10. The molecule has 0 radical (unpaired) electrons. The van der Waals surface area contributed by atoms with Crippen LogP contribution in [-0.4, -0.2) is 16.7 Å². The zero-order chi connectivity index (χ0) is 15.5. The third-order valence-corrected chi connectivity index (χ3v) is 3.46. The summed E-state index contributed by atoms with van der Waals surface area (Å²) >= 11 is 3.53. The van der Waals surface area contributed by atoms with Crippen molar-refractivity contribution in [1.29, 1.82) is 0 Å². The van der Waals surface area contributed by atoms with Crippen molar-refractivity contribution in [2.45, 2.75) is 26.4 Å². The molecule has 0 aliphatic heterocycles. The highest BCUT2D eigenvalue weighted by Gasteiger charge is 2.17. The van der Waals surface area contributed by atoms with Crippen molar-refractivity contribution < 1.29 is 9.53 Å². The van der Waals surface area contributed by atoms with Gasteiger partial charge in [0.2, 0.25) is 0 Å². The number of nitrogens with one attached hydrogen (secondary N) is 1. The van der Waals surface area contributed by atoms with Crippen LogP contribution in [-0.2, 0) is 4.74 Å². The van der Waals surface area contributed by atoms with Crippen LogP contribution in [0.4, 0.5) is 10.5 Å². The molecule has 1 N–H and O–H groups in total. The number of carbonyl (C=O) groups excluding carboxylic acids is 1. The third-order valence-electron chi connectivity index (χ3n) is 2.61. The molecule has 1 aromatic heterocycles. The number of aromatic nitrogens is 1. The number of ether oxygens (including phenoxy) is 1. The predicted octanol–water partition coefficient (Wildman–Crippen LogP) is 4.86. The van der Waals surface area contributed by atoms with E-state index in [1.54, 1.807) is 12.4 Å². The van der Waals surface area contributed by atoms with Crippen LogP contribution in [0.1, 0.15) is 20.8 Å². The maximum absolute atomic E-state index is 11.9. The first-order valence-corrected chi connectivity index (χ1v) is 7.35. The normalized spacial score (nSPS) is 11.0. The average Bonchev–Trinajstić information content (AvgIpc) is 2.40. The molecule has 0 fully saturated rings. The van der Waals surface area contributed by atoms with E-state index in [0.29, 0.717) is 5.69 Å². The van der Waals surface area contributed by atoms with Crippen LogP contribution in [0.2, 0.25) is 0 Å². The van der Waals surface area contributed by atoms with Gasteiger partial charge in [-0.15, -0.1) is 0 Å². The van der Waals surface area contributed by atoms with Gasteiger partial charge in [0.15, 0.2) is 0 Å². The number of halogens is 1. The van der Waals surface area contributed by atoms with Crippen LogP contribution in [0.15, 0.2) is 47.2 Å². The molecular weight excluding hydrogens is 332 g/mol. The minimum Gasteiger partial charge on any atom is -0.444 e. The number of nitrogens with zero attached hydrogens (tertiary/aromatic N) is 1. The van der Waals surface area contributed by atoms with Gasteiger partial charge in [0.1, 0.15) is 5.60 Å². The van der Waals surface area contributed by atoms with Gasteiger partial charge in [-0.3, -0.25) is 10.3 Å². The smallest absolute Gasteiger partial charge is 0.412 e. The van der Waals surface area contributed by atoms with Crippen molar-refractivity contribution >= 4 is 27.7 Å². The van der Waals surface area contributed by atoms with Gasteiger partial charge in [-0.05, 0) is 54.4 Å². The molecule has 2 rings (SSSR count). The minimum absolute atomic E-state index is 0.480. The summed E-state index contributed by atoms with van der Waals surface area (Å²) in [5.41, 5.74) is 2.05. The molecule has 1 aromatic carbocycles. The minimum atomic E-state index is -0.530. The van der Waals surface area contributed by atoms with Crippen LogP contribution in [0.5, 0.6) is 0 Å². The highest BCUT2D eigenvalue weighted by Crippen LogP contribution is 2.33. The molecule has 0 bridgehead atoms. The summed E-state index contributed by atoms with van der Waals surface area (Å²) in [4.78, 5) is 16.0. The van der Waals surface area contributed by atoms with Crippen LogP contribution >= 0.6 is 15.9 Å². The molecule has 0 unspecified atom stereocenters. The van der Waals surface area contributed by atoms with Crippen molar-refractivity contribution in [1.82, 2.24) is 4.98 Å². The lowest BCUT2D eigenvalue weighted by atomic mass is 10.1. The fraction of sp³-hybridized carbons (Fsp3) is 0.250. The van der Waals surface area contributed by atoms with Crippen molar-refractivity contribution in [3.05, 3.63) is 47.2 Å². The first kappa shape index (κ1) is 15.5. The van der Waals surface area contributed by atoms with Gasteiger partial charge in [0.25, 0.3) is 0 Å². The second-order valence-electron chi connectivity index (χ2n) is 5.54. The maximum Gasteiger partial charge on any atom is 0.412 e. The molecule has 1 heterocycles. The molecule has 5 heteroatoms. The first-order valence-electron chi connectivity index (χ1n) is 6.56. The van der Waals surface area contributed by atoms with Crippen molar-refractivity contribution in [3.63, 3.8) is 0 Å². The van der Waals surface area contributed by atoms with Crippen LogP contribution < -0.4 is 5.32 Å². The van der Waals surface area contributed by atoms with Gasteiger partial charge in [0.05, 0.1) is 5.69 Å². The number of hydrogen-bond donors (Lipinski definition) is 1. The van der Waals surface area contributed by atoms with E-state index < -0.39 is 11.7 Å². The lowest BCUT2D eigenvalue weighted by Gasteiger charge is -2.20. The Morgan fingerprint density at radius 3 is 2.62 bits per heavy atom. The first-order chi connectivity index (χ1) is 9.87. The standard InChI is InChI=1S/C16H17BrN2O2/c1-16(2,3)21-15(20)19-13-8-4-7-12(14(13)17)11-6-5-9-18-10-11/h4-10H,1-3H3,(H,19,20). The molecular formula is C16H17BrN2O2. The van der Waals surface area contributed by atoms with E-state index in [9.17, 15) is 4.79 Å². The van der Waals surface area contributed by atoms with Crippen molar-refractivity contribution in [2.75, 3.05) is 5.32 Å². The van der Waals surface area contributed by atoms with Crippen LogP contribution in [0.3, 0.4) is 0 Å². The van der Waals surface area contributed by atoms with Crippen molar-refractivity contribution in [3.8, 4) is 11.1 Å². The number of carbonyl (C=O) groups is 1. The number of rotatable bonds is 2. The Morgan fingerprint density at radius 2 is 2.00 bits per heavy atom. The number of hydrogen-bond acceptors (Lipinski definition) is 3. The van der Waals surface area contributed by atoms with Gasteiger partial charge >= 0.3 is 6.09 Å². The van der Waals surface area contributed by atoms with Gasteiger partial charge in [-0.25, -0.2) is 4.79 Å². The summed E-state index contributed by atoms with van der Waals surface area (Å²) in [6.45, 7) is 5.48. The summed E-state index contributed by atoms with van der Waals surface area (Å²) < 4.78 is 6.05. The number of anilines is 1. The van der Waals surface area contributed by atoms with E-state index in [-0.39, 0.29) is 0 Å². The van der Waals surface area contributed by atoms with Crippen molar-refractivity contribution in [2.24, 2.45) is 0 Å². The Balaban J connectivity index is 2.25. The summed E-state index contributed by atoms with van der Waals surface area (Å²) in [5.74, 6) is 0. The fourth-order valence-corrected chi connectivity index (χ4v) is 2.38. The molecule has 2 aromatic rings. The van der Waals surface area contributed by atoms with Crippen LogP contribution in [0.25, 0.3) is 11.1 Å². The summed E-state index contributed by atoms with van der Waals surface area (Å²) in [5, 5.41) is 2.75. The summed E-state index contributed by atoms with van der Waals surface area (Å²) in [7, 11) is 0. The Hall–Kier alpha value is -1.88. The SMILES string of the molecule is CC(C)(C)OC(=O)Nc1cccc(-c2cccnc2)c1Br. The lowest BCUT2D eigenvalue weighted by Crippen LogP contribution is -2.27. The average molecular weight is 349 g/mol. The molecule has 0 aliphatic rings. The second kappa shape index (κ2) is 6.26. The quantitative estimate of drug-likeness (QED) is 0.843. The largest absolute Gasteiger partial charge is 0.444 e. The Kier molecular flexibility index (Phi) is 4.63. The Morgan fingerprint density at radius 1 is 1.24 bits per heavy atom. The lowest BCUT2D eigenvalue weighted by molar-refractivity contribution is 0.0636. The molecule has 21 heavy (non-hydrogen) atoms. The highest BCUT2D eigenvalue weighted by atomic mass is 79.9. The molecule has 0 spiro atoms. The fourth-order valence-electron chi connectivity index (χ4n) is 1.79. The summed E-state index contributed by atoms with van der Waals surface area (Å²) in [6, 6.07) is 9.48. The molecule has 4 nitrogen and oxygen atoms in total. The Labute approximate surface area is 132 Å². The molecule has 0 saturated heterocycles. The van der Waals surface area contributed by atoms with E-state index in [4.69, 9.17) is 4.74 Å². The maximum atomic E-state index is 11.9. The van der Waals surface area contributed by atoms with Gasteiger partial charge in [-0.1, -0.05) is 18.2 Å². The molecule has 110 valence electrons. The van der Waals surface area contributed by atoms with E-state index in [1.165, 1.54) is 0 Å². The summed E-state index contributed by atoms with van der Waals surface area (Å²) in [6.07, 6.45) is 3.02. The second-order valence-corrected chi connectivity index (χ2v) is 6.33. The number of pyridine rings is 1. The van der Waals surface area contributed by atoms with Gasteiger partial charge in [0, 0.05) is 22.4 Å². The van der Waals surface area contributed by atoms with E-state index in [0.717, 1.165) is 15.6 Å². The van der Waals surface area contributed by atoms with E-state index >= 15 is 0 Å². The van der Waals surface area contributed by atoms with Crippen LogP contribution in [0, 0.1) is 0 Å².